The van der Waals surface area contributed by atoms with Crippen molar-refractivity contribution in [2.24, 2.45) is 0 Å². The Labute approximate surface area is 385 Å². The van der Waals surface area contributed by atoms with Crippen LogP contribution in [0.25, 0.3) is 0 Å². The van der Waals surface area contributed by atoms with Crippen LogP contribution in [-0.4, -0.2) is 66.1 Å². The molecule has 0 aliphatic carbocycles. The lowest BCUT2D eigenvalue weighted by atomic mass is 10.0. The molecule has 5 N–H and O–H groups in total. The second-order valence-corrected chi connectivity index (χ2v) is 16.7. The molecular weight excluding hydrogens is 858 g/mol. The van der Waals surface area contributed by atoms with Crippen LogP contribution in [-0.2, 0) is 14.2 Å². The average molecular weight is 912 g/mol. The fraction of sp³-hybridized carbons (Fsp3) is 0.280. The number of hydrogen-bond donors (Lipinski definition) is 5. The lowest BCUT2D eigenvalue weighted by Gasteiger charge is -2.25. The first kappa shape index (κ1) is 46.3. The van der Waals surface area contributed by atoms with Gasteiger partial charge in [0, 0.05) is 89.8 Å². The van der Waals surface area contributed by atoms with Gasteiger partial charge in [0.15, 0.2) is 0 Å². The molecule has 3 aliphatic rings. The zero-order valence-electron chi connectivity index (χ0n) is 35.5. The van der Waals surface area contributed by atoms with Gasteiger partial charge in [0.2, 0.25) is 0 Å². The quantitative estimate of drug-likeness (QED) is 0.0973. The first-order valence-electron chi connectivity index (χ1n) is 21.2. The molecule has 3 aliphatic heterocycles. The maximum Gasteiger partial charge on any atom is 0.148 e. The number of nitrogens with one attached hydrogen (secondary N) is 5. The number of nitrogens with zero attached hydrogens (tertiary/aromatic N) is 1. The number of anilines is 6. The standard InChI is InChI=1S/2C17H19ClN2O.C16H16ClFN2O/c1-20(16-8-4-14(18)5-9-16)15-6-2-13(3-7-15)17-12-19-10-11-21-17;1-12-10-13(17-11-19-8-9-21-17)2-7-16(12)20-15-5-3-14(18)4-6-15;17-12-3-6-15(14(18)9-12)20-13-4-1-11(2-5-13)16-10-19-7-8-21-16/h2-9,17,19H,10-12H2,1H3;2-7,10,17,19-20H,8-9,11H2,1H3;1-6,9,16,19-20H,7-8,10H2/t17-;;16-/m1.1/s1. The highest BCUT2D eigenvalue weighted by molar-refractivity contribution is 6.31. The summed E-state index contributed by atoms with van der Waals surface area (Å²) in [5, 5.41) is 18.3. The minimum atomic E-state index is -0.369. The Morgan fingerprint density at radius 1 is 0.508 bits per heavy atom. The molecule has 6 aromatic rings. The summed E-state index contributed by atoms with van der Waals surface area (Å²) in [5.41, 5.74) is 10.4. The third-order valence-corrected chi connectivity index (χ3v) is 11.6. The Morgan fingerprint density at radius 3 is 1.38 bits per heavy atom. The number of ether oxygens (including phenoxy) is 3. The van der Waals surface area contributed by atoms with Crippen molar-refractivity contribution in [3.05, 3.63) is 177 Å². The molecule has 63 heavy (non-hydrogen) atoms. The second-order valence-electron chi connectivity index (χ2n) is 15.4. The van der Waals surface area contributed by atoms with Crippen LogP contribution in [0.4, 0.5) is 38.5 Å². The first-order valence-corrected chi connectivity index (χ1v) is 22.3. The van der Waals surface area contributed by atoms with Crippen LogP contribution in [0.15, 0.2) is 133 Å². The van der Waals surface area contributed by atoms with Crippen molar-refractivity contribution in [3.8, 4) is 0 Å². The molecule has 0 spiro atoms. The molecule has 3 atom stereocenters. The Kier molecular flexibility index (Phi) is 17.1. The zero-order chi connectivity index (χ0) is 44.0. The molecule has 13 heteroatoms. The summed E-state index contributed by atoms with van der Waals surface area (Å²) >= 11 is 17.6. The number of rotatable bonds is 9. The Bertz CT molecular complexity index is 2320. The van der Waals surface area contributed by atoms with Gasteiger partial charge in [-0.1, -0.05) is 71.2 Å². The molecule has 330 valence electrons. The van der Waals surface area contributed by atoms with E-state index in [1.807, 2.05) is 72.8 Å². The van der Waals surface area contributed by atoms with Gasteiger partial charge in [-0.05, 0) is 126 Å². The highest BCUT2D eigenvalue weighted by Gasteiger charge is 2.18. The van der Waals surface area contributed by atoms with Gasteiger partial charge >= 0.3 is 0 Å². The van der Waals surface area contributed by atoms with Crippen molar-refractivity contribution in [2.45, 2.75) is 25.2 Å². The summed E-state index contributed by atoms with van der Waals surface area (Å²) in [5.74, 6) is -0.369. The maximum absolute atomic E-state index is 13.7. The summed E-state index contributed by atoms with van der Waals surface area (Å²) in [4.78, 5) is 2.14. The van der Waals surface area contributed by atoms with Crippen LogP contribution in [0, 0.1) is 12.7 Å². The summed E-state index contributed by atoms with van der Waals surface area (Å²) in [6.07, 6.45) is 0.399. The third-order valence-electron chi connectivity index (χ3n) is 10.9. The van der Waals surface area contributed by atoms with E-state index in [4.69, 9.17) is 49.0 Å². The molecule has 0 aromatic heterocycles. The number of hydrogen-bond acceptors (Lipinski definition) is 9. The number of halogens is 4. The molecular formula is C50H54Cl3FN6O3. The monoisotopic (exact) mass is 910 g/mol. The molecule has 0 amide bonds. The lowest BCUT2D eigenvalue weighted by Crippen LogP contribution is -2.33. The second kappa shape index (κ2) is 23.3. The van der Waals surface area contributed by atoms with Gasteiger partial charge < -0.3 is 45.7 Å². The van der Waals surface area contributed by atoms with E-state index in [2.05, 4.69) is 87.9 Å². The fourth-order valence-electron chi connectivity index (χ4n) is 7.31. The van der Waals surface area contributed by atoms with Gasteiger partial charge in [0.1, 0.15) is 5.82 Å². The van der Waals surface area contributed by atoms with Crippen molar-refractivity contribution in [3.63, 3.8) is 0 Å². The van der Waals surface area contributed by atoms with E-state index in [1.54, 1.807) is 12.1 Å². The molecule has 0 saturated carbocycles. The van der Waals surface area contributed by atoms with Crippen LogP contribution in [0.5, 0.6) is 0 Å². The summed E-state index contributed by atoms with van der Waals surface area (Å²) in [6, 6.07) is 42.9. The highest BCUT2D eigenvalue weighted by atomic mass is 35.5. The summed E-state index contributed by atoms with van der Waals surface area (Å²) < 4.78 is 31.0. The molecule has 3 heterocycles. The van der Waals surface area contributed by atoms with E-state index in [9.17, 15) is 4.39 Å². The zero-order valence-corrected chi connectivity index (χ0v) is 37.7. The van der Waals surface area contributed by atoms with E-state index in [-0.39, 0.29) is 24.1 Å². The SMILES string of the molecule is CN(c1ccc(Cl)cc1)c1ccc([C@H]2CNCCO2)cc1.Cc1cc(C2CNCCO2)ccc1Nc1ccc(Cl)cc1.Fc1cc(Cl)ccc1Nc1ccc([C@H]2CNCCO2)cc1. The molecule has 3 saturated heterocycles. The number of benzene rings is 6. The summed E-state index contributed by atoms with van der Waals surface area (Å²) in [6.45, 7) is 9.73. The van der Waals surface area contributed by atoms with Crippen molar-refractivity contribution >= 4 is 68.9 Å². The minimum absolute atomic E-state index is 0.0834. The minimum Gasteiger partial charge on any atom is -0.371 e. The van der Waals surface area contributed by atoms with E-state index in [1.165, 1.54) is 22.8 Å². The number of morpholine rings is 3. The Morgan fingerprint density at radius 2 is 0.905 bits per heavy atom. The number of aryl methyl sites for hydroxylation is 1. The predicted octanol–water partition coefficient (Wildman–Crippen LogP) is 11.7. The molecule has 9 rings (SSSR count). The summed E-state index contributed by atoms with van der Waals surface area (Å²) in [7, 11) is 2.05. The van der Waals surface area contributed by atoms with Gasteiger partial charge in [-0.15, -0.1) is 0 Å². The smallest absolute Gasteiger partial charge is 0.148 e. The highest BCUT2D eigenvalue weighted by Crippen LogP contribution is 2.30. The molecule has 0 radical (unpaired) electrons. The van der Waals surface area contributed by atoms with Crippen molar-refractivity contribution in [1.29, 1.82) is 0 Å². The Hall–Kier alpha value is -4.72. The first-order chi connectivity index (χ1) is 30.7. The molecule has 1 unspecified atom stereocenters. The van der Waals surface area contributed by atoms with Gasteiger partial charge in [-0.25, -0.2) is 4.39 Å². The predicted molar refractivity (Wildman–Crippen MR) is 258 cm³/mol. The van der Waals surface area contributed by atoms with Crippen molar-refractivity contribution in [1.82, 2.24) is 16.0 Å². The van der Waals surface area contributed by atoms with E-state index in [0.29, 0.717) is 10.7 Å². The van der Waals surface area contributed by atoms with Gasteiger partial charge in [0.05, 0.1) is 43.8 Å². The topological polar surface area (TPSA) is 91.1 Å². The lowest BCUT2D eigenvalue weighted by molar-refractivity contribution is 0.0276. The van der Waals surface area contributed by atoms with E-state index in [0.717, 1.165) is 103 Å². The molecule has 6 aromatic carbocycles. The van der Waals surface area contributed by atoms with Crippen molar-refractivity contribution < 1.29 is 18.6 Å². The third kappa shape index (κ3) is 13.6. The maximum atomic E-state index is 13.7. The van der Waals surface area contributed by atoms with Crippen LogP contribution < -0.4 is 31.5 Å². The van der Waals surface area contributed by atoms with Crippen LogP contribution >= 0.6 is 34.8 Å². The average Bonchev–Trinajstić information content (AvgIpc) is 3.33. The van der Waals surface area contributed by atoms with Crippen LogP contribution in [0.3, 0.4) is 0 Å². The van der Waals surface area contributed by atoms with Crippen LogP contribution in [0.2, 0.25) is 15.1 Å². The van der Waals surface area contributed by atoms with Gasteiger partial charge in [0.25, 0.3) is 0 Å². The van der Waals surface area contributed by atoms with E-state index < -0.39 is 0 Å². The van der Waals surface area contributed by atoms with Crippen molar-refractivity contribution in [2.75, 3.05) is 81.7 Å². The Balaban J connectivity index is 0.000000142. The van der Waals surface area contributed by atoms with Gasteiger partial charge in [-0.2, -0.15) is 0 Å². The molecule has 0 bridgehead atoms. The van der Waals surface area contributed by atoms with Gasteiger partial charge in [-0.3, -0.25) is 0 Å². The molecule has 3 fully saturated rings. The normalized spacial score (nSPS) is 18.5. The fourth-order valence-corrected chi connectivity index (χ4v) is 7.72. The van der Waals surface area contributed by atoms with E-state index >= 15 is 0 Å². The molecule has 9 nitrogen and oxygen atoms in total. The van der Waals surface area contributed by atoms with Crippen LogP contribution in [0.1, 0.15) is 40.6 Å². The largest absolute Gasteiger partial charge is 0.371 e.